The molecular weight excluding hydrogens is 220 g/mol. The number of hydrogen-bond donors (Lipinski definition) is 1. The number of nitrogen functional groups attached to an aromatic ring is 1. The number of nitrogens with two attached hydrogens (primary N) is 1. The second-order valence-corrected chi connectivity index (χ2v) is 4.17. The highest BCUT2D eigenvalue weighted by Gasteiger charge is 2.28. The predicted octanol–water partition coefficient (Wildman–Crippen LogP) is 2.00. The van der Waals surface area contributed by atoms with Crippen LogP contribution in [0.4, 0.5) is 11.5 Å². The minimum absolute atomic E-state index is 0.0395. The first-order valence-corrected chi connectivity index (χ1v) is 5.37. The summed E-state index contributed by atoms with van der Waals surface area (Å²) in [5, 5.41) is 11.2. The van der Waals surface area contributed by atoms with E-state index in [1.54, 1.807) is 12.1 Å². The van der Waals surface area contributed by atoms with Crippen molar-refractivity contribution < 1.29 is 4.92 Å². The third kappa shape index (κ3) is 1.57. The van der Waals surface area contributed by atoms with Gasteiger partial charge in [0.15, 0.2) is 0 Å². The van der Waals surface area contributed by atoms with Crippen LogP contribution < -0.4 is 5.73 Å². The summed E-state index contributed by atoms with van der Waals surface area (Å²) in [6.07, 6.45) is 2.14. The largest absolute Gasteiger partial charge is 0.383 e. The fourth-order valence-corrected chi connectivity index (χ4v) is 1.89. The lowest BCUT2D eigenvalue weighted by atomic mass is 10.2. The van der Waals surface area contributed by atoms with Gasteiger partial charge in [-0.1, -0.05) is 6.07 Å². The van der Waals surface area contributed by atoms with Crippen LogP contribution in [-0.4, -0.2) is 14.9 Å². The summed E-state index contributed by atoms with van der Waals surface area (Å²) < 4.78 is 0. The summed E-state index contributed by atoms with van der Waals surface area (Å²) in [4.78, 5) is 18.9. The molecule has 3 rings (SSSR count). The smallest absolute Gasteiger partial charge is 0.282 e. The Morgan fingerprint density at radius 2 is 2.12 bits per heavy atom. The second-order valence-electron chi connectivity index (χ2n) is 4.17. The van der Waals surface area contributed by atoms with E-state index < -0.39 is 4.92 Å². The maximum absolute atomic E-state index is 10.9. The third-order valence-electron chi connectivity index (χ3n) is 2.89. The SMILES string of the molecule is Nc1nc(C2CC2)nc2cccc([N+](=O)[O-])c12. The highest BCUT2D eigenvalue weighted by atomic mass is 16.6. The zero-order valence-electron chi connectivity index (χ0n) is 8.96. The van der Waals surface area contributed by atoms with Gasteiger partial charge in [0.1, 0.15) is 17.0 Å². The summed E-state index contributed by atoms with van der Waals surface area (Å²) in [6, 6.07) is 4.76. The lowest BCUT2D eigenvalue weighted by molar-refractivity contribution is -0.383. The third-order valence-corrected chi connectivity index (χ3v) is 2.89. The number of anilines is 1. The van der Waals surface area contributed by atoms with E-state index in [4.69, 9.17) is 5.73 Å². The molecule has 2 aromatic rings. The first kappa shape index (κ1) is 9.95. The van der Waals surface area contributed by atoms with E-state index in [1.807, 2.05) is 0 Å². The van der Waals surface area contributed by atoms with Crippen molar-refractivity contribution in [1.82, 2.24) is 9.97 Å². The van der Waals surface area contributed by atoms with Gasteiger partial charge in [-0.15, -0.1) is 0 Å². The van der Waals surface area contributed by atoms with Gasteiger partial charge in [-0.2, -0.15) is 0 Å². The second kappa shape index (κ2) is 3.38. The highest BCUT2D eigenvalue weighted by molar-refractivity contribution is 5.96. The van der Waals surface area contributed by atoms with Gasteiger partial charge >= 0.3 is 0 Å². The van der Waals surface area contributed by atoms with Crippen LogP contribution >= 0.6 is 0 Å². The molecule has 1 aliphatic rings. The minimum Gasteiger partial charge on any atom is -0.383 e. The maximum atomic E-state index is 10.9. The maximum Gasteiger partial charge on any atom is 0.282 e. The van der Waals surface area contributed by atoms with Gasteiger partial charge in [-0.05, 0) is 18.9 Å². The molecule has 1 fully saturated rings. The number of fused-ring (bicyclic) bond motifs is 1. The quantitative estimate of drug-likeness (QED) is 0.628. The first-order chi connectivity index (χ1) is 8.16. The summed E-state index contributed by atoms with van der Waals surface area (Å²) in [5.74, 6) is 1.28. The van der Waals surface area contributed by atoms with E-state index >= 15 is 0 Å². The Balaban J connectivity index is 2.30. The first-order valence-electron chi connectivity index (χ1n) is 5.37. The molecule has 1 heterocycles. The van der Waals surface area contributed by atoms with E-state index in [9.17, 15) is 10.1 Å². The van der Waals surface area contributed by atoms with Crippen molar-refractivity contribution in [3.8, 4) is 0 Å². The number of rotatable bonds is 2. The van der Waals surface area contributed by atoms with Crippen molar-refractivity contribution in [3.63, 3.8) is 0 Å². The minimum atomic E-state index is -0.459. The van der Waals surface area contributed by atoms with E-state index in [1.165, 1.54) is 6.07 Å². The van der Waals surface area contributed by atoms with Crippen molar-refractivity contribution in [2.24, 2.45) is 0 Å². The normalized spacial score (nSPS) is 15.1. The van der Waals surface area contributed by atoms with Crippen LogP contribution in [-0.2, 0) is 0 Å². The molecule has 1 aromatic carbocycles. The van der Waals surface area contributed by atoms with Gasteiger partial charge < -0.3 is 5.73 Å². The van der Waals surface area contributed by atoms with Crippen LogP contribution in [0.1, 0.15) is 24.6 Å². The van der Waals surface area contributed by atoms with Gasteiger partial charge in [0.25, 0.3) is 5.69 Å². The molecule has 86 valence electrons. The zero-order valence-corrected chi connectivity index (χ0v) is 8.96. The van der Waals surface area contributed by atoms with Crippen molar-refractivity contribution in [2.45, 2.75) is 18.8 Å². The number of hydrogen-bond acceptors (Lipinski definition) is 5. The molecule has 17 heavy (non-hydrogen) atoms. The molecule has 0 spiro atoms. The van der Waals surface area contributed by atoms with Gasteiger partial charge in [-0.25, -0.2) is 9.97 Å². The van der Waals surface area contributed by atoms with Crippen molar-refractivity contribution in [3.05, 3.63) is 34.1 Å². The van der Waals surface area contributed by atoms with E-state index in [0.29, 0.717) is 22.6 Å². The van der Waals surface area contributed by atoms with Crippen LogP contribution in [0, 0.1) is 10.1 Å². The van der Waals surface area contributed by atoms with Crippen LogP contribution in [0.15, 0.2) is 18.2 Å². The number of aromatic nitrogens is 2. The molecule has 1 aliphatic carbocycles. The van der Waals surface area contributed by atoms with E-state index in [0.717, 1.165) is 12.8 Å². The van der Waals surface area contributed by atoms with Gasteiger partial charge in [0, 0.05) is 12.0 Å². The fourth-order valence-electron chi connectivity index (χ4n) is 1.89. The molecule has 0 aliphatic heterocycles. The average molecular weight is 230 g/mol. The van der Waals surface area contributed by atoms with Gasteiger partial charge in [-0.3, -0.25) is 10.1 Å². The Bertz CT molecular complexity index is 622. The number of nitro groups is 1. The molecular formula is C11H10N4O2. The molecule has 0 bridgehead atoms. The molecule has 1 saturated carbocycles. The standard InChI is InChI=1S/C11H10N4O2/c12-10-9-7(2-1-3-8(9)15(16)17)13-11(14-10)6-4-5-6/h1-3,6H,4-5H2,(H2,12,13,14). The summed E-state index contributed by atoms with van der Waals surface area (Å²) in [6.45, 7) is 0. The Morgan fingerprint density at radius 1 is 1.35 bits per heavy atom. The molecule has 1 aromatic heterocycles. The molecule has 0 saturated heterocycles. The number of non-ortho nitro benzene ring substituents is 1. The van der Waals surface area contributed by atoms with Crippen molar-refractivity contribution in [2.75, 3.05) is 5.73 Å². The Hall–Kier alpha value is -2.24. The van der Waals surface area contributed by atoms with Crippen LogP contribution in [0.25, 0.3) is 10.9 Å². The lowest BCUT2D eigenvalue weighted by Crippen LogP contribution is -2.02. The molecule has 0 amide bonds. The number of nitro benzene ring substituents is 1. The fraction of sp³-hybridized carbons (Fsp3) is 0.273. The number of nitrogens with zero attached hydrogens (tertiary/aromatic N) is 3. The Morgan fingerprint density at radius 3 is 2.76 bits per heavy atom. The summed E-state index contributed by atoms with van der Waals surface area (Å²) >= 11 is 0. The number of benzene rings is 1. The van der Waals surface area contributed by atoms with Crippen LogP contribution in [0.5, 0.6) is 0 Å². The Kier molecular flexibility index (Phi) is 1.98. The van der Waals surface area contributed by atoms with Crippen molar-refractivity contribution in [1.29, 1.82) is 0 Å². The molecule has 2 N–H and O–H groups in total. The summed E-state index contributed by atoms with van der Waals surface area (Å²) in [7, 11) is 0. The van der Waals surface area contributed by atoms with Crippen LogP contribution in [0.2, 0.25) is 0 Å². The molecule has 6 heteroatoms. The highest BCUT2D eigenvalue weighted by Crippen LogP contribution is 2.39. The van der Waals surface area contributed by atoms with Crippen molar-refractivity contribution >= 4 is 22.4 Å². The average Bonchev–Trinajstić information content (AvgIpc) is 3.11. The monoisotopic (exact) mass is 230 g/mol. The molecule has 0 atom stereocenters. The molecule has 6 nitrogen and oxygen atoms in total. The molecule has 0 radical (unpaired) electrons. The van der Waals surface area contributed by atoms with Crippen LogP contribution in [0.3, 0.4) is 0 Å². The molecule has 0 unspecified atom stereocenters. The lowest BCUT2D eigenvalue weighted by Gasteiger charge is -2.04. The topological polar surface area (TPSA) is 94.9 Å². The predicted molar refractivity (Wildman–Crippen MR) is 62.6 cm³/mol. The van der Waals surface area contributed by atoms with E-state index in [2.05, 4.69) is 9.97 Å². The van der Waals surface area contributed by atoms with Gasteiger partial charge in [0.2, 0.25) is 0 Å². The summed E-state index contributed by atoms with van der Waals surface area (Å²) in [5.41, 5.74) is 6.32. The zero-order chi connectivity index (χ0) is 12.0. The van der Waals surface area contributed by atoms with Gasteiger partial charge in [0.05, 0.1) is 10.4 Å². The Labute approximate surface area is 96.6 Å². The van der Waals surface area contributed by atoms with E-state index in [-0.39, 0.29) is 11.5 Å².